The van der Waals surface area contributed by atoms with E-state index in [4.69, 9.17) is 0 Å². The molecule has 0 saturated carbocycles. The summed E-state index contributed by atoms with van der Waals surface area (Å²) in [6, 6.07) is 0. The van der Waals surface area contributed by atoms with Gasteiger partial charge in [0.15, 0.2) is 0 Å². The van der Waals surface area contributed by atoms with Gasteiger partial charge < -0.3 is 12.9 Å². The minimum atomic E-state index is -4.50. The van der Waals surface area contributed by atoms with Crippen LogP contribution in [0.15, 0.2) is 0 Å². The summed E-state index contributed by atoms with van der Waals surface area (Å²) < 4.78 is 31.2. The van der Waals surface area contributed by atoms with E-state index in [2.05, 4.69) is 0 Å². The van der Waals surface area contributed by atoms with Crippen LogP contribution in [0.25, 0.3) is 0 Å². The molecule has 0 amide bonds. The first-order chi connectivity index (χ1) is 3.00. The first-order valence-corrected chi connectivity index (χ1v) is 2.23. The molecular weight excluding hydrogens is 116 g/mol. The summed E-state index contributed by atoms with van der Waals surface area (Å²) in [7, 11) is 0. The van der Waals surface area contributed by atoms with Crippen LogP contribution in [0.3, 0.4) is 0 Å². The molecule has 0 fully saturated rings. The number of halogens is 3. The second-order valence-corrected chi connectivity index (χ2v) is 0.902. The molecule has 0 aliphatic heterocycles. The topological polar surface area (TPSA) is 0 Å². The Morgan fingerprint density at radius 2 is 1.00 bits per heavy atom. The second kappa shape index (κ2) is 6.72. The Balaban J connectivity index is -0.0000000750. The Morgan fingerprint density at radius 1 is 1.00 bits per heavy atom. The predicted molar refractivity (Wildman–Crippen MR) is 32.7 cm³/mol. The van der Waals surface area contributed by atoms with Crippen molar-refractivity contribution in [2.75, 3.05) is 0 Å². The molecule has 0 bridgehead atoms. The first kappa shape index (κ1) is 15.6. The third-order valence-corrected chi connectivity index (χ3v) is 0. The number of rotatable bonds is 0. The average molecular weight is 128 g/mol. The molecule has 0 aliphatic rings. The van der Waals surface area contributed by atoms with Crippen LogP contribution in [0.2, 0.25) is 6.82 Å². The van der Waals surface area contributed by atoms with E-state index in [1.165, 1.54) is 0 Å². The quantitative estimate of drug-likeness (QED) is 0.347. The van der Waals surface area contributed by atoms with Crippen molar-refractivity contribution in [1.82, 2.24) is 0 Å². The highest BCUT2D eigenvalue weighted by atomic mass is 19.4. The highest BCUT2D eigenvalue weighted by Gasteiger charge is 2.11. The van der Waals surface area contributed by atoms with Crippen molar-refractivity contribution in [2.45, 2.75) is 20.7 Å². The lowest BCUT2D eigenvalue weighted by molar-refractivity contribution is 0.487. The molecule has 0 saturated heterocycles. The van der Waals surface area contributed by atoms with Crippen LogP contribution in [0, 0.1) is 7.43 Å². The first-order valence-electron chi connectivity index (χ1n) is 2.23. The van der Waals surface area contributed by atoms with E-state index < -0.39 is 6.98 Å². The zero-order valence-electron chi connectivity index (χ0n) is 5.71. The van der Waals surface area contributed by atoms with Crippen LogP contribution in [0.4, 0.5) is 12.9 Å². The van der Waals surface area contributed by atoms with E-state index >= 15 is 0 Å². The van der Waals surface area contributed by atoms with Gasteiger partial charge in [0, 0.05) is 7.43 Å². The fourth-order valence-corrected chi connectivity index (χ4v) is 0. The van der Waals surface area contributed by atoms with Crippen molar-refractivity contribution in [1.29, 1.82) is 0 Å². The standard InChI is InChI=1S/C2H6.CH3BF3.CH3/c1-2;1-2(3,4)5;/h1-2H3;1H3;1H3/q;-1;+1. The van der Waals surface area contributed by atoms with Crippen LogP contribution in [-0.2, 0) is 0 Å². The van der Waals surface area contributed by atoms with Gasteiger partial charge in [-0.25, -0.2) is 0 Å². The van der Waals surface area contributed by atoms with E-state index in [-0.39, 0.29) is 14.2 Å². The van der Waals surface area contributed by atoms with Crippen molar-refractivity contribution in [3.8, 4) is 0 Å². The van der Waals surface area contributed by atoms with Crippen LogP contribution in [0.5, 0.6) is 0 Å². The van der Waals surface area contributed by atoms with Gasteiger partial charge in [-0.1, -0.05) is 20.7 Å². The number of hydrogen-bond acceptors (Lipinski definition) is 0. The lowest BCUT2D eigenvalue weighted by Gasteiger charge is -1.99. The van der Waals surface area contributed by atoms with Crippen LogP contribution >= 0.6 is 0 Å². The van der Waals surface area contributed by atoms with Crippen molar-refractivity contribution >= 4 is 6.98 Å². The maximum atomic E-state index is 10.4. The summed E-state index contributed by atoms with van der Waals surface area (Å²) >= 11 is 0. The molecule has 0 rings (SSSR count). The summed E-state index contributed by atoms with van der Waals surface area (Å²) in [5, 5.41) is 0. The van der Waals surface area contributed by atoms with Crippen molar-refractivity contribution in [3.05, 3.63) is 7.43 Å². The molecule has 0 aromatic carbocycles. The molecule has 0 aromatic rings. The van der Waals surface area contributed by atoms with Crippen molar-refractivity contribution < 1.29 is 12.9 Å². The Morgan fingerprint density at radius 3 is 1.00 bits per heavy atom. The average Bonchev–Trinajstić information content (AvgIpc) is 1.36. The molecule has 0 aromatic heterocycles. The number of hydrogen-bond donors (Lipinski definition) is 0. The fourth-order valence-electron chi connectivity index (χ4n) is 0. The van der Waals surface area contributed by atoms with Crippen LogP contribution < -0.4 is 0 Å². The molecule has 4 heteroatoms. The Hall–Kier alpha value is -0.275. The van der Waals surface area contributed by atoms with Crippen LogP contribution in [-0.4, -0.2) is 6.98 Å². The molecule has 0 spiro atoms. The van der Waals surface area contributed by atoms with Gasteiger partial charge >= 0.3 is 6.98 Å². The third kappa shape index (κ3) is 1690. The Bertz CT molecular complexity index is 26.8. The lowest BCUT2D eigenvalue weighted by Crippen LogP contribution is -2.04. The smallest absolute Gasteiger partial charge is 0.449 e. The van der Waals surface area contributed by atoms with Gasteiger partial charge in [0.1, 0.15) is 0 Å². The molecule has 0 nitrogen and oxygen atoms in total. The summed E-state index contributed by atoms with van der Waals surface area (Å²) in [5.41, 5.74) is 0. The summed E-state index contributed by atoms with van der Waals surface area (Å²) in [6.45, 7) is -0.250. The van der Waals surface area contributed by atoms with Gasteiger partial charge in [0.05, 0.1) is 0 Å². The SMILES string of the molecule is CC.C[B-](F)(F)F.[CH3+]. The highest BCUT2D eigenvalue weighted by molar-refractivity contribution is 6.56. The third-order valence-electron chi connectivity index (χ3n) is 0. The summed E-state index contributed by atoms with van der Waals surface area (Å²) in [6.07, 6.45) is 0. The van der Waals surface area contributed by atoms with Gasteiger partial charge in [0.2, 0.25) is 0 Å². The molecule has 0 unspecified atom stereocenters. The second-order valence-electron chi connectivity index (χ2n) is 0.902. The predicted octanol–water partition coefficient (Wildman–Crippen LogP) is 2.94. The monoisotopic (exact) mass is 128 g/mol. The van der Waals surface area contributed by atoms with Crippen LogP contribution in [0.1, 0.15) is 13.8 Å². The van der Waals surface area contributed by atoms with E-state index in [1.807, 2.05) is 13.8 Å². The van der Waals surface area contributed by atoms with Gasteiger partial charge in [-0.3, -0.25) is 0 Å². The maximum Gasteiger partial charge on any atom is 0.475 e. The molecular formula is C4H12BF3. The van der Waals surface area contributed by atoms with E-state index in [0.29, 0.717) is 0 Å². The molecule has 0 heterocycles. The minimum Gasteiger partial charge on any atom is -0.449 e. The molecule has 8 heavy (non-hydrogen) atoms. The van der Waals surface area contributed by atoms with E-state index in [9.17, 15) is 12.9 Å². The zero-order chi connectivity index (χ0) is 6.50. The van der Waals surface area contributed by atoms with Crippen molar-refractivity contribution in [3.63, 3.8) is 0 Å². The Kier molecular flexibility index (Phi) is 13.2. The summed E-state index contributed by atoms with van der Waals surface area (Å²) in [4.78, 5) is 0. The van der Waals surface area contributed by atoms with Gasteiger partial charge in [0.25, 0.3) is 0 Å². The minimum absolute atomic E-state index is 0. The molecule has 0 atom stereocenters. The van der Waals surface area contributed by atoms with Gasteiger partial charge in [-0.05, 0) is 0 Å². The normalized spacial score (nSPS) is 8.25. The van der Waals surface area contributed by atoms with E-state index in [1.54, 1.807) is 0 Å². The van der Waals surface area contributed by atoms with Gasteiger partial charge in [-0.15, -0.1) is 0 Å². The van der Waals surface area contributed by atoms with E-state index in [0.717, 1.165) is 0 Å². The summed E-state index contributed by atoms with van der Waals surface area (Å²) in [5.74, 6) is 0. The molecule has 52 valence electrons. The fraction of sp³-hybridized carbons (Fsp3) is 0.750. The Labute approximate surface area is 49.1 Å². The zero-order valence-corrected chi connectivity index (χ0v) is 5.71. The highest BCUT2D eigenvalue weighted by Crippen LogP contribution is 2.03. The molecule has 0 aliphatic carbocycles. The van der Waals surface area contributed by atoms with Gasteiger partial charge in [-0.2, -0.15) is 0 Å². The lowest BCUT2D eigenvalue weighted by atomic mass is 9.99. The molecule has 0 N–H and O–H groups in total. The maximum absolute atomic E-state index is 10.4. The largest absolute Gasteiger partial charge is 0.475 e. The molecule has 0 radical (unpaired) electrons. The van der Waals surface area contributed by atoms with Crippen molar-refractivity contribution in [2.24, 2.45) is 0 Å².